The number of nitro benzene ring substituents is 1. The molecule has 0 amide bonds. The summed E-state index contributed by atoms with van der Waals surface area (Å²) < 4.78 is 0. The van der Waals surface area contributed by atoms with Crippen molar-refractivity contribution in [1.82, 2.24) is 0 Å². The summed E-state index contributed by atoms with van der Waals surface area (Å²) in [4.78, 5) is 10.1. The highest BCUT2D eigenvalue weighted by atomic mass is 35.5. The molecule has 0 saturated heterocycles. The average molecular weight is 263 g/mol. The van der Waals surface area contributed by atoms with Crippen LogP contribution in [0.1, 0.15) is 5.56 Å². The Morgan fingerprint density at radius 1 is 1.11 bits per heavy atom. The number of halogens is 1. The standard InChI is InChI=1S/C13H11ClN2O2/c1-9-2-3-11(8-13(9)14)15-10-4-6-12(7-5-10)16(17)18/h2-8,15H,1H3. The number of rotatable bonds is 3. The normalized spacial score (nSPS) is 10.1. The van der Waals surface area contributed by atoms with E-state index in [0.717, 1.165) is 16.9 Å². The van der Waals surface area contributed by atoms with Gasteiger partial charge in [0.05, 0.1) is 4.92 Å². The molecule has 0 radical (unpaired) electrons. The smallest absolute Gasteiger partial charge is 0.269 e. The van der Waals surface area contributed by atoms with Crippen LogP contribution in [0.4, 0.5) is 17.1 Å². The van der Waals surface area contributed by atoms with Gasteiger partial charge in [0.1, 0.15) is 0 Å². The van der Waals surface area contributed by atoms with Crippen LogP contribution in [-0.4, -0.2) is 4.92 Å². The monoisotopic (exact) mass is 262 g/mol. The van der Waals surface area contributed by atoms with E-state index in [0.29, 0.717) is 5.02 Å². The lowest BCUT2D eigenvalue weighted by molar-refractivity contribution is -0.384. The van der Waals surface area contributed by atoms with Gasteiger partial charge < -0.3 is 5.32 Å². The number of non-ortho nitro benzene ring substituents is 1. The van der Waals surface area contributed by atoms with E-state index in [-0.39, 0.29) is 5.69 Å². The van der Waals surface area contributed by atoms with Crippen molar-refractivity contribution in [2.24, 2.45) is 0 Å². The van der Waals surface area contributed by atoms with Crippen molar-refractivity contribution >= 4 is 28.7 Å². The third kappa shape index (κ3) is 2.78. The highest BCUT2D eigenvalue weighted by Crippen LogP contribution is 2.24. The second kappa shape index (κ2) is 5.06. The number of nitro groups is 1. The van der Waals surface area contributed by atoms with Crippen LogP contribution in [0.2, 0.25) is 5.02 Å². The molecular weight excluding hydrogens is 252 g/mol. The van der Waals surface area contributed by atoms with Crippen LogP contribution in [0, 0.1) is 17.0 Å². The van der Waals surface area contributed by atoms with Crippen molar-refractivity contribution in [2.45, 2.75) is 6.92 Å². The molecule has 4 nitrogen and oxygen atoms in total. The van der Waals surface area contributed by atoms with E-state index in [1.165, 1.54) is 12.1 Å². The lowest BCUT2D eigenvalue weighted by Crippen LogP contribution is -1.92. The predicted molar refractivity (Wildman–Crippen MR) is 72.6 cm³/mol. The van der Waals surface area contributed by atoms with E-state index >= 15 is 0 Å². The number of aryl methyl sites for hydroxylation is 1. The third-order valence-corrected chi connectivity index (χ3v) is 2.95. The molecule has 92 valence electrons. The lowest BCUT2D eigenvalue weighted by atomic mass is 10.2. The number of hydrogen-bond donors (Lipinski definition) is 1. The van der Waals surface area contributed by atoms with Gasteiger partial charge in [-0.3, -0.25) is 10.1 Å². The summed E-state index contributed by atoms with van der Waals surface area (Å²) in [5.41, 5.74) is 2.70. The van der Waals surface area contributed by atoms with Gasteiger partial charge in [-0.05, 0) is 36.8 Å². The molecule has 0 aliphatic carbocycles. The molecule has 2 aromatic rings. The summed E-state index contributed by atoms with van der Waals surface area (Å²) in [5, 5.41) is 14.3. The Labute approximate surface area is 109 Å². The lowest BCUT2D eigenvalue weighted by Gasteiger charge is -2.07. The second-order valence-corrected chi connectivity index (χ2v) is 4.30. The number of anilines is 2. The fourth-order valence-electron chi connectivity index (χ4n) is 1.50. The molecule has 2 aromatic carbocycles. The zero-order chi connectivity index (χ0) is 13.1. The highest BCUT2D eigenvalue weighted by Gasteiger charge is 2.04. The van der Waals surface area contributed by atoms with Crippen LogP contribution in [0.15, 0.2) is 42.5 Å². The van der Waals surface area contributed by atoms with Crippen molar-refractivity contribution < 1.29 is 4.92 Å². The van der Waals surface area contributed by atoms with Crippen molar-refractivity contribution in [3.05, 3.63) is 63.2 Å². The average Bonchev–Trinajstić information content (AvgIpc) is 2.34. The van der Waals surface area contributed by atoms with Gasteiger partial charge in [-0.15, -0.1) is 0 Å². The Bertz CT molecular complexity index is 582. The quantitative estimate of drug-likeness (QED) is 0.663. The molecule has 0 aliphatic heterocycles. The molecule has 0 saturated carbocycles. The van der Waals surface area contributed by atoms with E-state index < -0.39 is 4.92 Å². The molecule has 5 heteroatoms. The summed E-state index contributed by atoms with van der Waals surface area (Å²) in [5.74, 6) is 0. The molecule has 0 heterocycles. The van der Waals surface area contributed by atoms with Crippen molar-refractivity contribution in [2.75, 3.05) is 5.32 Å². The molecule has 18 heavy (non-hydrogen) atoms. The van der Waals surface area contributed by atoms with Crippen LogP contribution in [0.25, 0.3) is 0 Å². The minimum Gasteiger partial charge on any atom is -0.355 e. The minimum absolute atomic E-state index is 0.0717. The van der Waals surface area contributed by atoms with Crippen molar-refractivity contribution in [3.8, 4) is 0 Å². The molecule has 0 fully saturated rings. The van der Waals surface area contributed by atoms with Gasteiger partial charge in [0, 0.05) is 28.5 Å². The molecule has 1 N–H and O–H groups in total. The van der Waals surface area contributed by atoms with Crippen LogP contribution in [0.5, 0.6) is 0 Å². The summed E-state index contributed by atoms with van der Waals surface area (Å²) in [6.45, 7) is 1.93. The Morgan fingerprint density at radius 2 is 1.72 bits per heavy atom. The topological polar surface area (TPSA) is 55.2 Å². The van der Waals surface area contributed by atoms with Gasteiger partial charge in [0.15, 0.2) is 0 Å². The first-order chi connectivity index (χ1) is 8.56. The third-order valence-electron chi connectivity index (χ3n) is 2.54. The van der Waals surface area contributed by atoms with Gasteiger partial charge in [0.25, 0.3) is 5.69 Å². The van der Waals surface area contributed by atoms with Crippen LogP contribution < -0.4 is 5.32 Å². The highest BCUT2D eigenvalue weighted by molar-refractivity contribution is 6.31. The summed E-state index contributed by atoms with van der Waals surface area (Å²) in [6, 6.07) is 11.9. The Hall–Kier alpha value is -2.07. The zero-order valence-electron chi connectivity index (χ0n) is 9.68. The Morgan fingerprint density at radius 3 is 2.28 bits per heavy atom. The maximum Gasteiger partial charge on any atom is 0.269 e. The predicted octanol–water partition coefficient (Wildman–Crippen LogP) is 4.30. The fraction of sp³-hybridized carbons (Fsp3) is 0.0769. The molecule has 0 spiro atoms. The first-order valence-corrected chi connectivity index (χ1v) is 5.72. The number of nitrogens with one attached hydrogen (secondary N) is 1. The summed E-state index contributed by atoms with van der Waals surface area (Å²) >= 11 is 6.02. The minimum atomic E-state index is -0.424. The molecular formula is C13H11ClN2O2. The first-order valence-electron chi connectivity index (χ1n) is 5.34. The largest absolute Gasteiger partial charge is 0.355 e. The maximum atomic E-state index is 10.5. The molecule has 0 aromatic heterocycles. The van der Waals surface area contributed by atoms with E-state index in [1.54, 1.807) is 12.1 Å². The number of benzene rings is 2. The second-order valence-electron chi connectivity index (χ2n) is 3.89. The van der Waals surface area contributed by atoms with Crippen LogP contribution in [-0.2, 0) is 0 Å². The van der Waals surface area contributed by atoms with E-state index in [2.05, 4.69) is 5.32 Å². The van der Waals surface area contributed by atoms with Gasteiger partial charge in [-0.25, -0.2) is 0 Å². The Kier molecular flexibility index (Phi) is 3.48. The van der Waals surface area contributed by atoms with E-state index in [4.69, 9.17) is 11.6 Å². The van der Waals surface area contributed by atoms with Gasteiger partial charge in [0.2, 0.25) is 0 Å². The maximum absolute atomic E-state index is 10.5. The SMILES string of the molecule is Cc1ccc(Nc2ccc([N+](=O)[O-])cc2)cc1Cl. The molecule has 0 bridgehead atoms. The van der Waals surface area contributed by atoms with Crippen LogP contribution in [0.3, 0.4) is 0 Å². The van der Waals surface area contributed by atoms with Gasteiger partial charge >= 0.3 is 0 Å². The zero-order valence-corrected chi connectivity index (χ0v) is 10.4. The number of hydrogen-bond acceptors (Lipinski definition) is 3. The Balaban J connectivity index is 2.18. The molecule has 0 unspecified atom stereocenters. The molecule has 0 aliphatic rings. The van der Waals surface area contributed by atoms with Gasteiger partial charge in [-0.1, -0.05) is 17.7 Å². The molecule has 0 atom stereocenters. The van der Waals surface area contributed by atoms with Gasteiger partial charge in [-0.2, -0.15) is 0 Å². The number of nitrogens with zero attached hydrogens (tertiary/aromatic N) is 1. The van der Waals surface area contributed by atoms with E-state index in [1.807, 2.05) is 25.1 Å². The molecule has 2 rings (SSSR count). The first kappa shape index (κ1) is 12.4. The fourth-order valence-corrected chi connectivity index (χ4v) is 1.68. The van der Waals surface area contributed by atoms with E-state index in [9.17, 15) is 10.1 Å². The van der Waals surface area contributed by atoms with Crippen molar-refractivity contribution in [1.29, 1.82) is 0 Å². The summed E-state index contributed by atoms with van der Waals surface area (Å²) in [7, 11) is 0. The summed E-state index contributed by atoms with van der Waals surface area (Å²) in [6.07, 6.45) is 0. The van der Waals surface area contributed by atoms with Crippen LogP contribution >= 0.6 is 11.6 Å². The van der Waals surface area contributed by atoms with Crippen molar-refractivity contribution in [3.63, 3.8) is 0 Å².